The van der Waals surface area contributed by atoms with Gasteiger partial charge < -0.3 is 4.74 Å². The van der Waals surface area contributed by atoms with E-state index in [9.17, 15) is 4.39 Å². The summed E-state index contributed by atoms with van der Waals surface area (Å²) in [5.74, 6) is 0.652. The summed E-state index contributed by atoms with van der Waals surface area (Å²) >= 11 is 4.25. The maximum atomic E-state index is 13.4. The van der Waals surface area contributed by atoms with Crippen molar-refractivity contribution in [2.75, 3.05) is 12.9 Å². The normalized spacial score (nSPS) is 11.5. The lowest BCUT2D eigenvalue weighted by atomic mass is 9.86. The van der Waals surface area contributed by atoms with Gasteiger partial charge in [-0.25, -0.2) is 4.39 Å². The molecule has 3 heteroatoms. The van der Waals surface area contributed by atoms with Gasteiger partial charge >= 0.3 is 0 Å². The maximum absolute atomic E-state index is 13.4. The highest BCUT2D eigenvalue weighted by molar-refractivity contribution is 7.80. The fourth-order valence-electron chi connectivity index (χ4n) is 1.33. The second-order valence-corrected chi connectivity index (χ2v) is 4.18. The zero-order valence-corrected chi connectivity index (χ0v) is 9.57. The van der Waals surface area contributed by atoms with Crippen LogP contribution in [-0.2, 0) is 5.41 Å². The number of rotatable bonds is 3. The van der Waals surface area contributed by atoms with Gasteiger partial charge in [0, 0.05) is 11.0 Å². The van der Waals surface area contributed by atoms with Gasteiger partial charge in [0.15, 0.2) is 11.6 Å². The zero-order valence-electron chi connectivity index (χ0n) is 8.67. The fourth-order valence-corrected chi connectivity index (χ4v) is 1.50. The van der Waals surface area contributed by atoms with Crippen molar-refractivity contribution in [1.29, 1.82) is 0 Å². The SMILES string of the molecule is COc1c(F)cccc1C(C)(C)CS. The van der Waals surface area contributed by atoms with E-state index in [0.717, 1.165) is 5.56 Å². The minimum absolute atomic E-state index is 0.184. The third kappa shape index (κ3) is 2.03. The predicted molar refractivity (Wildman–Crippen MR) is 59.8 cm³/mol. The molecule has 1 aromatic rings. The van der Waals surface area contributed by atoms with Crippen molar-refractivity contribution < 1.29 is 9.13 Å². The molecule has 0 saturated heterocycles. The molecule has 0 atom stereocenters. The predicted octanol–water partition coefficient (Wildman–Crippen LogP) is 3.04. The minimum Gasteiger partial charge on any atom is -0.493 e. The van der Waals surface area contributed by atoms with E-state index in [1.54, 1.807) is 6.07 Å². The molecule has 0 aliphatic heterocycles. The monoisotopic (exact) mass is 214 g/mol. The Kier molecular flexibility index (Phi) is 3.43. The molecule has 0 saturated carbocycles. The highest BCUT2D eigenvalue weighted by Gasteiger charge is 2.24. The van der Waals surface area contributed by atoms with Gasteiger partial charge in [0.1, 0.15) is 0 Å². The first-order chi connectivity index (χ1) is 6.53. The Bertz CT molecular complexity index is 323. The molecule has 0 N–H and O–H groups in total. The molecule has 0 bridgehead atoms. The Morgan fingerprint density at radius 1 is 1.43 bits per heavy atom. The third-order valence-electron chi connectivity index (χ3n) is 2.30. The Labute approximate surface area is 89.7 Å². The standard InChI is InChI=1S/C11H15FOS/c1-11(2,7-14)8-5-4-6-9(12)10(8)13-3/h4-6,14H,7H2,1-3H3. The molecule has 78 valence electrons. The van der Waals surface area contributed by atoms with E-state index in [2.05, 4.69) is 12.6 Å². The molecule has 0 radical (unpaired) electrons. The number of methoxy groups -OCH3 is 1. The van der Waals surface area contributed by atoms with Crippen molar-refractivity contribution in [3.8, 4) is 5.75 Å². The van der Waals surface area contributed by atoms with Crippen LogP contribution in [0, 0.1) is 5.82 Å². The minimum atomic E-state index is -0.320. The van der Waals surface area contributed by atoms with Gasteiger partial charge in [-0.3, -0.25) is 0 Å². The number of thiol groups is 1. The van der Waals surface area contributed by atoms with Gasteiger partial charge in [-0.15, -0.1) is 0 Å². The highest BCUT2D eigenvalue weighted by Crippen LogP contribution is 2.33. The molecule has 0 fully saturated rings. The van der Waals surface area contributed by atoms with Crippen LogP contribution in [0.2, 0.25) is 0 Å². The number of halogens is 1. The second kappa shape index (κ2) is 4.22. The Hall–Kier alpha value is -0.700. The van der Waals surface area contributed by atoms with Crippen molar-refractivity contribution in [2.45, 2.75) is 19.3 Å². The Morgan fingerprint density at radius 2 is 2.07 bits per heavy atom. The topological polar surface area (TPSA) is 9.23 Å². The molecular weight excluding hydrogens is 199 g/mol. The number of ether oxygens (including phenoxy) is 1. The zero-order chi connectivity index (χ0) is 10.8. The summed E-state index contributed by atoms with van der Waals surface area (Å²) in [6.07, 6.45) is 0. The summed E-state index contributed by atoms with van der Waals surface area (Å²) in [4.78, 5) is 0. The average molecular weight is 214 g/mol. The quantitative estimate of drug-likeness (QED) is 0.761. The maximum Gasteiger partial charge on any atom is 0.165 e. The summed E-state index contributed by atoms with van der Waals surface area (Å²) in [7, 11) is 1.48. The van der Waals surface area contributed by atoms with Crippen molar-refractivity contribution in [3.05, 3.63) is 29.6 Å². The van der Waals surface area contributed by atoms with E-state index >= 15 is 0 Å². The van der Waals surface area contributed by atoms with E-state index in [1.165, 1.54) is 13.2 Å². The molecule has 0 aliphatic carbocycles. The summed E-state index contributed by atoms with van der Waals surface area (Å²) in [6.45, 7) is 4.02. The molecule has 0 unspecified atom stereocenters. The van der Waals surface area contributed by atoms with E-state index < -0.39 is 0 Å². The average Bonchev–Trinajstić information content (AvgIpc) is 2.17. The number of hydrogen-bond acceptors (Lipinski definition) is 2. The lowest BCUT2D eigenvalue weighted by molar-refractivity contribution is 0.371. The van der Waals surface area contributed by atoms with Crippen LogP contribution in [0.1, 0.15) is 19.4 Å². The molecule has 0 aromatic heterocycles. The van der Waals surface area contributed by atoms with E-state index in [0.29, 0.717) is 11.5 Å². The van der Waals surface area contributed by atoms with Gasteiger partial charge in [-0.1, -0.05) is 26.0 Å². The van der Waals surface area contributed by atoms with Gasteiger partial charge in [0.05, 0.1) is 7.11 Å². The van der Waals surface area contributed by atoms with Crippen LogP contribution in [0.15, 0.2) is 18.2 Å². The number of para-hydroxylation sites is 1. The van der Waals surface area contributed by atoms with Crippen molar-refractivity contribution >= 4 is 12.6 Å². The lowest BCUT2D eigenvalue weighted by Crippen LogP contribution is -2.20. The van der Waals surface area contributed by atoms with Crippen molar-refractivity contribution in [2.24, 2.45) is 0 Å². The summed E-state index contributed by atoms with van der Waals surface area (Å²) in [5, 5.41) is 0. The first kappa shape index (κ1) is 11.4. The number of benzene rings is 1. The first-order valence-corrected chi connectivity index (χ1v) is 5.10. The van der Waals surface area contributed by atoms with Crippen LogP contribution in [0.3, 0.4) is 0 Å². The fraction of sp³-hybridized carbons (Fsp3) is 0.455. The van der Waals surface area contributed by atoms with Gasteiger partial charge in [0.2, 0.25) is 0 Å². The summed E-state index contributed by atoms with van der Waals surface area (Å²) < 4.78 is 18.4. The van der Waals surface area contributed by atoms with Gasteiger partial charge in [0.25, 0.3) is 0 Å². The summed E-state index contributed by atoms with van der Waals surface area (Å²) in [5.41, 5.74) is 0.673. The third-order valence-corrected chi connectivity index (χ3v) is 3.09. The molecule has 0 amide bonds. The Morgan fingerprint density at radius 3 is 2.57 bits per heavy atom. The van der Waals surface area contributed by atoms with Crippen molar-refractivity contribution in [3.63, 3.8) is 0 Å². The van der Waals surface area contributed by atoms with Crippen LogP contribution in [0.4, 0.5) is 4.39 Å². The first-order valence-electron chi connectivity index (χ1n) is 4.47. The molecule has 0 heterocycles. The molecule has 0 aliphatic rings. The number of hydrogen-bond donors (Lipinski definition) is 1. The molecule has 1 aromatic carbocycles. The molecule has 14 heavy (non-hydrogen) atoms. The molecule has 0 spiro atoms. The second-order valence-electron chi connectivity index (χ2n) is 3.86. The molecule has 1 rings (SSSR count). The summed E-state index contributed by atoms with van der Waals surface area (Å²) in [6, 6.07) is 4.97. The highest BCUT2D eigenvalue weighted by atomic mass is 32.1. The van der Waals surface area contributed by atoms with E-state index in [4.69, 9.17) is 4.74 Å². The van der Waals surface area contributed by atoms with Crippen LogP contribution in [0.25, 0.3) is 0 Å². The smallest absolute Gasteiger partial charge is 0.165 e. The van der Waals surface area contributed by atoms with E-state index in [-0.39, 0.29) is 11.2 Å². The van der Waals surface area contributed by atoms with Crippen LogP contribution in [-0.4, -0.2) is 12.9 Å². The molecular formula is C11H15FOS. The van der Waals surface area contributed by atoms with Crippen LogP contribution < -0.4 is 4.74 Å². The van der Waals surface area contributed by atoms with Crippen LogP contribution >= 0.6 is 12.6 Å². The van der Waals surface area contributed by atoms with Gasteiger partial charge in [-0.2, -0.15) is 12.6 Å². The molecule has 1 nitrogen and oxygen atoms in total. The largest absolute Gasteiger partial charge is 0.493 e. The van der Waals surface area contributed by atoms with E-state index in [1.807, 2.05) is 19.9 Å². The van der Waals surface area contributed by atoms with Gasteiger partial charge in [-0.05, 0) is 11.8 Å². The van der Waals surface area contributed by atoms with Crippen LogP contribution in [0.5, 0.6) is 5.75 Å². The Balaban J connectivity index is 3.27. The van der Waals surface area contributed by atoms with Crippen molar-refractivity contribution in [1.82, 2.24) is 0 Å². The lowest BCUT2D eigenvalue weighted by Gasteiger charge is -2.25.